The highest BCUT2D eigenvalue weighted by Crippen LogP contribution is 2.28. The average Bonchev–Trinajstić information content (AvgIpc) is 3.24. The van der Waals surface area contributed by atoms with Crippen LogP contribution < -0.4 is 0 Å². The van der Waals surface area contributed by atoms with E-state index in [4.69, 9.17) is 14.0 Å². The summed E-state index contributed by atoms with van der Waals surface area (Å²) >= 11 is 0. The third-order valence-corrected chi connectivity index (χ3v) is 6.24. The van der Waals surface area contributed by atoms with Crippen LogP contribution in [-0.4, -0.2) is 58.7 Å². The van der Waals surface area contributed by atoms with Gasteiger partial charge in [-0.2, -0.15) is 0 Å². The summed E-state index contributed by atoms with van der Waals surface area (Å²) in [5.41, 5.74) is 3.44. The van der Waals surface area contributed by atoms with E-state index in [0.29, 0.717) is 49.3 Å². The lowest BCUT2D eigenvalue weighted by Crippen LogP contribution is -2.45. The molecule has 0 radical (unpaired) electrons. The number of pyridine rings is 1. The molecule has 0 N–H and O–H groups in total. The third-order valence-electron chi connectivity index (χ3n) is 6.24. The highest BCUT2D eigenvalue weighted by atomic mass is 16.5. The smallest absolute Gasteiger partial charge is 0.339 e. The fraction of sp³-hybridized carbons (Fsp3) is 0.423. The van der Waals surface area contributed by atoms with Gasteiger partial charge < -0.3 is 18.9 Å². The number of carbonyl (C=O) groups is 3. The summed E-state index contributed by atoms with van der Waals surface area (Å²) in [5, 5.41) is 4.41. The highest BCUT2D eigenvalue weighted by Gasteiger charge is 2.32. The van der Waals surface area contributed by atoms with Crippen molar-refractivity contribution in [3.63, 3.8) is 0 Å². The molecule has 1 unspecified atom stereocenters. The van der Waals surface area contributed by atoms with E-state index in [1.165, 1.54) is 0 Å². The van der Waals surface area contributed by atoms with Gasteiger partial charge in [0.15, 0.2) is 6.10 Å². The first-order valence-electron chi connectivity index (χ1n) is 11.8. The van der Waals surface area contributed by atoms with Crippen LogP contribution in [-0.2, 0) is 19.1 Å². The topological polar surface area (TPSA) is 112 Å². The van der Waals surface area contributed by atoms with Crippen LogP contribution in [0.3, 0.4) is 0 Å². The average molecular weight is 480 g/mol. The number of nitrogens with zero attached hydrogens (tertiary/aromatic N) is 3. The lowest BCUT2D eigenvalue weighted by atomic mass is 9.96. The number of amides is 1. The monoisotopic (exact) mass is 479 g/mol. The number of fused-ring (bicyclic) bond motifs is 1. The van der Waals surface area contributed by atoms with Crippen molar-refractivity contribution in [1.29, 1.82) is 0 Å². The fourth-order valence-electron chi connectivity index (χ4n) is 4.26. The number of aromatic nitrogens is 2. The molecule has 4 rings (SSSR count). The van der Waals surface area contributed by atoms with Crippen molar-refractivity contribution in [3.8, 4) is 11.3 Å². The van der Waals surface area contributed by atoms with E-state index in [9.17, 15) is 14.4 Å². The van der Waals surface area contributed by atoms with Gasteiger partial charge in [-0.1, -0.05) is 35.0 Å². The van der Waals surface area contributed by atoms with Gasteiger partial charge in [-0.15, -0.1) is 0 Å². The predicted octanol–water partition coefficient (Wildman–Crippen LogP) is 3.85. The predicted molar refractivity (Wildman–Crippen MR) is 128 cm³/mol. The van der Waals surface area contributed by atoms with E-state index in [-0.39, 0.29) is 29.1 Å². The lowest BCUT2D eigenvalue weighted by molar-refractivity contribution is -0.152. The molecule has 184 valence electrons. The Morgan fingerprint density at radius 3 is 2.49 bits per heavy atom. The molecule has 1 fully saturated rings. The summed E-state index contributed by atoms with van der Waals surface area (Å²) in [6.45, 7) is 8.19. The molecule has 1 aliphatic heterocycles. The molecule has 1 atom stereocenters. The molecule has 3 aromatic rings. The summed E-state index contributed by atoms with van der Waals surface area (Å²) in [7, 11) is 0. The van der Waals surface area contributed by atoms with E-state index in [2.05, 4.69) is 10.1 Å². The first-order valence-corrected chi connectivity index (χ1v) is 11.8. The Morgan fingerprint density at radius 1 is 1.14 bits per heavy atom. The number of rotatable bonds is 6. The number of esters is 2. The Bertz CT molecular complexity index is 1240. The third kappa shape index (κ3) is 5.18. The van der Waals surface area contributed by atoms with Crippen molar-refractivity contribution >= 4 is 28.9 Å². The molecule has 1 saturated heterocycles. The van der Waals surface area contributed by atoms with Gasteiger partial charge in [0.25, 0.3) is 11.6 Å². The Balaban J connectivity index is 1.50. The Kier molecular flexibility index (Phi) is 7.14. The molecule has 0 saturated carbocycles. The molecule has 9 nitrogen and oxygen atoms in total. The van der Waals surface area contributed by atoms with Gasteiger partial charge >= 0.3 is 11.9 Å². The zero-order chi connectivity index (χ0) is 25.1. The van der Waals surface area contributed by atoms with E-state index in [1.807, 2.05) is 31.2 Å². The number of ether oxygens (including phenoxy) is 2. The van der Waals surface area contributed by atoms with Crippen molar-refractivity contribution in [2.75, 3.05) is 19.7 Å². The zero-order valence-electron chi connectivity index (χ0n) is 20.4. The number of hydrogen-bond acceptors (Lipinski definition) is 8. The van der Waals surface area contributed by atoms with Gasteiger partial charge in [0.1, 0.15) is 0 Å². The minimum absolute atomic E-state index is 0.210. The van der Waals surface area contributed by atoms with Gasteiger partial charge in [-0.05, 0) is 46.6 Å². The minimum atomic E-state index is -0.993. The molecule has 9 heteroatoms. The Labute approximate surface area is 203 Å². The molecule has 1 amide bonds. The summed E-state index contributed by atoms with van der Waals surface area (Å²) in [4.78, 5) is 44.3. The number of likely N-dealkylation sites (tertiary alicyclic amines) is 1. The van der Waals surface area contributed by atoms with Crippen LogP contribution in [0.1, 0.15) is 48.3 Å². The second kappa shape index (κ2) is 10.2. The quantitative estimate of drug-likeness (QED) is 0.490. The normalized spacial score (nSPS) is 15.1. The molecule has 0 spiro atoms. The van der Waals surface area contributed by atoms with Crippen molar-refractivity contribution in [3.05, 3.63) is 47.2 Å². The number of piperidine rings is 1. The molecule has 3 heterocycles. The van der Waals surface area contributed by atoms with Crippen molar-refractivity contribution < 1.29 is 28.4 Å². The second-order valence-corrected chi connectivity index (χ2v) is 8.77. The molecular weight excluding hydrogens is 450 g/mol. The van der Waals surface area contributed by atoms with Crippen LogP contribution in [0.2, 0.25) is 0 Å². The molecule has 1 aliphatic rings. The molecule has 0 bridgehead atoms. The number of benzene rings is 1. The van der Waals surface area contributed by atoms with E-state index < -0.39 is 12.1 Å². The maximum atomic E-state index is 13.2. The molecule has 0 aliphatic carbocycles. The number of aryl methyl sites for hydroxylation is 2. The molecular formula is C26H29N3O6. The Hall–Kier alpha value is -3.75. The standard InChI is InChI=1S/C26H29N3O6/c1-5-33-25(31)19-10-12-29(13-11-19)24(30)17(4)34-26(32)20-14-21(18-8-6-15(2)7-9-18)27-23-22(20)16(3)28-35-23/h6-9,14,17,19H,5,10-13H2,1-4H3. The van der Waals surface area contributed by atoms with Crippen LogP contribution in [0.15, 0.2) is 34.9 Å². The van der Waals surface area contributed by atoms with Gasteiger partial charge in [-0.25, -0.2) is 9.78 Å². The van der Waals surface area contributed by atoms with Crippen LogP contribution in [0.5, 0.6) is 0 Å². The van der Waals surface area contributed by atoms with E-state index in [1.54, 1.807) is 31.7 Å². The van der Waals surface area contributed by atoms with E-state index in [0.717, 1.165) is 11.1 Å². The SMILES string of the molecule is CCOC(=O)C1CCN(C(=O)C(C)OC(=O)c2cc(-c3ccc(C)cc3)nc3onc(C)c23)CC1. The molecule has 35 heavy (non-hydrogen) atoms. The maximum Gasteiger partial charge on any atom is 0.339 e. The van der Waals surface area contributed by atoms with Gasteiger partial charge in [0.05, 0.1) is 34.9 Å². The van der Waals surface area contributed by atoms with Gasteiger partial charge in [0.2, 0.25) is 0 Å². The van der Waals surface area contributed by atoms with Crippen LogP contribution >= 0.6 is 0 Å². The Morgan fingerprint density at radius 2 is 1.83 bits per heavy atom. The van der Waals surface area contributed by atoms with Crippen LogP contribution in [0, 0.1) is 19.8 Å². The first kappa shape index (κ1) is 24.4. The molecule has 2 aromatic heterocycles. The zero-order valence-corrected chi connectivity index (χ0v) is 20.4. The second-order valence-electron chi connectivity index (χ2n) is 8.77. The molecule has 1 aromatic carbocycles. The summed E-state index contributed by atoms with van der Waals surface area (Å²) in [5.74, 6) is -1.39. The lowest BCUT2D eigenvalue weighted by Gasteiger charge is -2.32. The summed E-state index contributed by atoms with van der Waals surface area (Å²) in [6, 6.07) is 9.37. The summed E-state index contributed by atoms with van der Waals surface area (Å²) in [6.07, 6.45) is 0.0549. The number of hydrogen-bond donors (Lipinski definition) is 0. The highest BCUT2D eigenvalue weighted by molar-refractivity contribution is 6.05. The maximum absolute atomic E-state index is 13.2. The first-order chi connectivity index (χ1) is 16.8. The fourth-order valence-corrected chi connectivity index (χ4v) is 4.26. The van der Waals surface area contributed by atoms with Gasteiger partial charge in [0, 0.05) is 18.7 Å². The van der Waals surface area contributed by atoms with Crippen molar-refractivity contribution in [2.24, 2.45) is 5.92 Å². The largest absolute Gasteiger partial charge is 0.466 e. The van der Waals surface area contributed by atoms with Crippen molar-refractivity contribution in [2.45, 2.75) is 46.6 Å². The van der Waals surface area contributed by atoms with Crippen LogP contribution in [0.25, 0.3) is 22.4 Å². The van der Waals surface area contributed by atoms with Crippen LogP contribution in [0.4, 0.5) is 0 Å². The van der Waals surface area contributed by atoms with E-state index >= 15 is 0 Å². The minimum Gasteiger partial charge on any atom is -0.466 e. The van der Waals surface area contributed by atoms with Crippen molar-refractivity contribution in [1.82, 2.24) is 15.0 Å². The summed E-state index contributed by atoms with van der Waals surface area (Å²) < 4.78 is 16.0. The number of carbonyl (C=O) groups excluding carboxylic acids is 3. The van der Waals surface area contributed by atoms with Gasteiger partial charge in [-0.3, -0.25) is 9.59 Å².